The molecule has 1 heterocycles. The van der Waals surface area contributed by atoms with Crippen LogP contribution >= 0.6 is 0 Å². The van der Waals surface area contributed by atoms with Gasteiger partial charge in [-0.25, -0.2) is 13.1 Å². The van der Waals surface area contributed by atoms with Gasteiger partial charge >= 0.3 is 0 Å². The summed E-state index contributed by atoms with van der Waals surface area (Å²) < 4.78 is 33.1. The zero-order valence-corrected chi connectivity index (χ0v) is 14.3. The number of nitrogens with one attached hydrogen (secondary N) is 1. The van der Waals surface area contributed by atoms with Gasteiger partial charge in [-0.15, -0.1) is 0 Å². The molecule has 1 aliphatic carbocycles. The fourth-order valence-electron chi connectivity index (χ4n) is 3.57. The normalized spacial score (nSPS) is 17.5. The molecular formula is C17H22N2O3S. The maximum atomic E-state index is 12.7. The third-order valence-electron chi connectivity index (χ3n) is 4.78. The Balaban J connectivity index is 1.86. The van der Waals surface area contributed by atoms with Crippen molar-refractivity contribution in [3.05, 3.63) is 47.3 Å². The number of sulfonamides is 1. The molecule has 1 aromatic heterocycles. The maximum Gasteiger partial charge on any atom is 0.245 e. The Bertz CT molecular complexity index is 756. The molecule has 0 spiro atoms. The lowest BCUT2D eigenvalue weighted by Crippen LogP contribution is -2.39. The van der Waals surface area contributed by atoms with Gasteiger partial charge in [-0.05, 0) is 32.3 Å². The Morgan fingerprint density at radius 2 is 1.83 bits per heavy atom. The van der Waals surface area contributed by atoms with Crippen molar-refractivity contribution in [1.82, 2.24) is 9.88 Å². The third-order valence-corrected chi connectivity index (χ3v) is 6.43. The molecule has 1 aromatic carbocycles. The van der Waals surface area contributed by atoms with Crippen LogP contribution in [0.3, 0.4) is 0 Å². The molecule has 1 saturated carbocycles. The second kappa shape index (κ2) is 6.09. The predicted molar refractivity (Wildman–Crippen MR) is 87.8 cm³/mol. The minimum Gasteiger partial charge on any atom is -0.360 e. The van der Waals surface area contributed by atoms with Gasteiger partial charge in [0.05, 0.1) is 0 Å². The number of rotatable bonds is 5. The van der Waals surface area contributed by atoms with Gasteiger partial charge in [-0.2, -0.15) is 0 Å². The van der Waals surface area contributed by atoms with E-state index in [2.05, 4.69) is 22.0 Å². The van der Waals surface area contributed by atoms with Gasteiger partial charge in [0.2, 0.25) is 10.0 Å². The second-order valence-corrected chi connectivity index (χ2v) is 8.04. The van der Waals surface area contributed by atoms with Gasteiger partial charge in [-0.3, -0.25) is 0 Å². The fourth-order valence-corrected chi connectivity index (χ4v) is 5.03. The van der Waals surface area contributed by atoms with E-state index in [-0.39, 0.29) is 10.3 Å². The molecule has 1 N–H and O–H groups in total. The van der Waals surface area contributed by atoms with Gasteiger partial charge in [0.15, 0.2) is 5.76 Å². The van der Waals surface area contributed by atoms with E-state index < -0.39 is 10.0 Å². The van der Waals surface area contributed by atoms with Crippen molar-refractivity contribution in [2.45, 2.75) is 49.8 Å². The lowest BCUT2D eigenvalue weighted by Gasteiger charge is -2.30. The van der Waals surface area contributed by atoms with Crippen LogP contribution in [0.1, 0.15) is 42.7 Å². The third kappa shape index (κ3) is 3.05. The van der Waals surface area contributed by atoms with Crippen molar-refractivity contribution in [1.29, 1.82) is 0 Å². The van der Waals surface area contributed by atoms with E-state index in [0.29, 0.717) is 18.0 Å². The summed E-state index contributed by atoms with van der Waals surface area (Å²) in [6.45, 7) is 3.67. The highest BCUT2D eigenvalue weighted by atomic mass is 32.2. The predicted octanol–water partition coefficient (Wildman–Crippen LogP) is 3.08. The van der Waals surface area contributed by atoms with Crippen LogP contribution in [0.4, 0.5) is 0 Å². The first-order chi connectivity index (χ1) is 10.9. The minimum absolute atomic E-state index is 0.118. The van der Waals surface area contributed by atoms with Crippen molar-refractivity contribution < 1.29 is 12.9 Å². The molecule has 0 radical (unpaired) electrons. The van der Waals surface area contributed by atoms with E-state index in [0.717, 1.165) is 25.7 Å². The van der Waals surface area contributed by atoms with E-state index >= 15 is 0 Å². The molecule has 0 aliphatic heterocycles. The van der Waals surface area contributed by atoms with Crippen molar-refractivity contribution in [3.63, 3.8) is 0 Å². The standard InChI is InChI=1S/C17H22N2O3S/c1-13-16(14(2)22-19-13)23(20,21)18-12-17(10-6-7-11-17)15-8-4-3-5-9-15/h3-5,8-9,18H,6-7,10-12H2,1-2H3. The van der Waals surface area contributed by atoms with Gasteiger partial charge in [0.25, 0.3) is 0 Å². The number of hydrogen-bond acceptors (Lipinski definition) is 4. The Hall–Kier alpha value is -1.66. The number of aryl methyl sites for hydroxylation is 2. The number of hydrogen-bond donors (Lipinski definition) is 1. The highest BCUT2D eigenvalue weighted by Gasteiger charge is 2.37. The molecule has 0 saturated heterocycles. The molecule has 0 atom stereocenters. The average molecular weight is 334 g/mol. The Labute approximate surface area is 137 Å². The zero-order chi connectivity index (χ0) is 16.5. The summed E-state index contributed by atoms with van der Waals surface area (Å²) in [4.78, 5) is 0.165. The molecule has 0 unspecified atom stereocenters. The van der Waals surface area contributed by atoms with Crippen LogP contribution in [-0.2, 0) is 15.4 Å². The first-order valence-corrected chi connectivity index (χ1v) is 9.41. The van der Waals surface area contributed by atoms with Gasteiger partial charge in [0.1, 0.15) is 10.6 Å². The van der Waals surface area contributed by atoms with Crippen molar-refractivity contribution >= 4 is 10.0 Å². The summed E-state index contributed by atoms with van der Waals surface area (Å²) >= 11 is 0. The lowest BCUT2D eigenvalue weighted by molar-refractivity contribution is 0.390. The Kier molecular flexibility index (Phi) is 4.29. The van der Waals surface area contributed by atoms with Crippen LogP contribution in [0.2, 0.25) is 0 Å². The van der Waals surface area contributed by atoms with E-state index in [4.69, 9.17) is 4.52 Å². The summed E-state index contributed by atoms with van der Waals surface area (Å²) in [6, 6.07) is 10.2. The quantitative estimate of drug-likeness (QED) is 0.912. The van der Waals surface area contributed by atoms with E-state index in [9.17, 15) is 8.42 Å². The van der Waals surface area contributed by atoms with Gasteiger partial charge < -0.3 is 4.52 Å². The molecule has 1 fully saturated rings. The number of aromatic nitrogens is 1. The smallest absolute Gasteiger partial charge is 0.245 e. The SMILES string of the molecule is Cc1noc(C)c1S(=O)(=O)NCC1(c2ccccc2)CCCC1. The highest BCUT2D eigenvalue weighted by molar-refractivity contribution is 7.89. The molecule has 0 bridgehead atoms. The second-order valence-electron chi connectivity index (χ2n) is 6.33. The zero-order valence-electron chi connectivity index (χ0n) is 13.5. The summed E-state index contributed by atoms with van der Waals surface area (Å²) in [5.41, 5.74) is 1.49. The van der Waals surface area contributed by atoms with E-state index in [1.165, 1.54) is 5.56 Å². The summed E-state index contributed by atoms with van der Waals surface area (Å²) in [7, 11) is -3.62. The molecule has 3 rings (SSSR count). The fraction of sp³-hybridized carbons (Fsp3) is 0.471. The van der Waals surface area contributed by atoms with Crippen LogP contribution in [0.25, 0.3) is 0 Å². The summed E-state index contributed by atoms with van der Waals surface area (Å²) in [6.07, 6.45) is 4.26. The number of nitrogens with zero attached hydrogens (tertiary/aromatic N) is 1. The van der Waals surface area contributed by atoms with Crippen LogP contribution in [0.15, 0.2) is 39.8 Å². The Morgan fingerprint density at radius 3 is 2.39 bits per heavy atom. The van der Waals surface area contributed by atoms with Crippen LogP contribution in [0, 0.1) is 13.8 Å². The minimum atomic E-state index is -3.62. The molecule has 2 aromatic rings. The average Bonchev–Trinajstić information content (AvgIpc) is 3.14. The van der Waals surface area contributed by atoms with Crippen molar-refractivity contribution in [3.8, 4) is 0 Å². The van der Waals surface area contributed by atoms with Gasteiger partial charge in [0, 0.05) is 12.0 Å². The molecule has 5 nitrogen and oxygen atoms in total. The van der Waals surface area contributed by atoms with Crippen LogP contribution < -0.4 is 4.72 Å². The van der Waals surface area contributed by atoms with Gasteiger partial charge in [-0.1, -0.05) is 48.3 Å². The van der Waals surface area contributed by atoms with E-state index in [1.54, 1.807) is 13.8 Å². The number of benzene rings is 1. The largest absolute Gasteiger partial charge is 0.360 e. The first kappa shape index (κ1) is 16.2. The summed E-state index contributed by atoms with van der Waals surface area (Å²) in [5, 5.41) is 3.74. The highest BCUT2D eigenvalue weighted by Crippen LogP contribution is 2.40. The first-order valence-electron chi connectivity index (χ1n) is 7.93. The molecule has 23 heavy (non-hydrogen) atoms. The topological polar surface area (TPSA) is 72.2 Å². The van der Waals surface area contributed by atoms with Crippen molar-refractivity contribution in [2.75, 3.05) is 6.54 Å². The van der Waals surface area contributed by atoms with E-state index in [1.807, 2.05) is 18.2 Å². The molecule has 124 valence electrons. The maximum absolute atomic E-state index is 12.7. The lowest BCUT2D eigenvalue weighted by atomic mass is 9.79. The van der Waals surface area contributed by atoms with Crippen LogP contribution in [0.5, 0.6) is 0 Å². The van der Waals surface area contributed by atoms with Crippen LogP contribution in [-0.4, -0.2) is 20.1 Å². The molecule has 1 aliphatic rings. The molecular weight excluding hydrogens is 312 g/mol. The van der Waals surface area contributed by atoms with Crippen molar-refractivity contribution in [2.24, 2.45) is 0 Å². The molecule has 0 amide bonds. The molecule has 6 heteroatoms. The Morgan fingerprint density at radius 1 is 1.17 bits per heavy atom. The monoisotopic (exact) mass is 334 g/mol. The summed E-state index contributed by atoms with van der Waals surface area (Å²) in [5.74, 6) is 0.329.